The second kappa shape index (κ2) is 5.16. The van der Waals surface area contributed by atoms with Crippen LogP contribution in [-0.4, -0.2) is 18.1 Å². The second-order valence-electron chi connectivity index (χ2n) is 6.59. The Morgan fingerprint density at radius 3 is 2.37 bits per heavy atom. The van der Waals surface area contributed by atoms with Gasteiger partial charge >= 0.3 is 0 Å². The maximum atomic E-state index is 6.24. The molecule has 0 spiro atoms. The summed E-state index contributed by atoms with van der Waals surface area (Å²) >= 11 is 0. The monoisotopic (exact) mass is 258 g/mol. The lowest BCUT2D eigenvalue weighted by molar-refractivity contribution is 0.270. The Morgan fingerprint density at radius 2 is 1.74 bits per heavy atom. The van der Waals surface area contributed by atoms with Crippen molar-refractivity contribution >= 4 is 5.69 Å². The van der Waals surface area contributed by atoms with E-state index in [2.05, 4.69) is 43.0 Å². The SMILES string of the molecule is CC(C)c1ccccc1N1C2CCCC1CC(N)C2. The maximum Gasteiger partial charge on any atom is 0.0406 e. The fraction of sp³-hybridized carbons (Fsp3) is 0.647. The summed E-state index contributed by atoms with van der Waals surface area (Å²) in [7, 11) is 0. The molecule has 0 aliphatic carbocycles. The van der Waals surface area contributed by atoms with Gasteiger partial charge in [-0.3, -0.25) is 0 Å². The van der Waals surface area contributed by atoms with Crippen molar-refractivity contribution in [2.24, 2.45) is 5.73 Å². The molecule has 2 heteroatoms. The van der Waals surface area contributed by atoms with Gasteiger partial charge in [0.05, 0.1) is 0 Å². The minimum Gasteiger partial charge on any atom is -0.365 e. The number of anilines is 1. The number of piperidine rings is 2. The molecule has 2 atom stereocenters. The number of benzene rings is 1. The smallest absolute Gasteiger partial charge is 0.0406 e. The minimum absolute atomic E-state index is 0.415. The largest absolute Gasteiger partial charge is 0.365 e. The van der Waals surface area contributed by atoms with Crippen molar-refractivity contribution in [1.82, 2.24) is 0 Å². The Labute approximate surface area is 117 Å². The van der Waals surface area contributed by atoms with Crippen molar-refractivity contribution in [3.05, 3.63) is 29.8 Å². The third-order valence-electron chi connectivity index (χ3n) is 4.85. The lowest BCUT2D eigenvalue weighted by Crippen LogP contribution is -2.55. The summed E-state index contributed by atoms with van der Waals surface area (Å²) in [5.74, 6) is 0.590. The molecule has 2 heterocycles. The summed E-state index contributed by atoms with van der Waals surface area (Å²) < 4.78 is 0. The van der Waals surface area contributed by atoms with Gasteiger partial charge in [-0.15, -0.1) is 0 Å². The van der Waals surface area contributed by atoms with E-state index in [4.69, 9.17) is 5.73 Å². The summed E-state index contributed by atoms with van der Waals surface area (Å²) in [5.41, 5.74) is 9.20. The van der Waals surface area contributed by atoms with Crippen LogP contribution in [0.3, 0.4) is 0 Å². The highest BCUT2D eigenvalue weighted by Gasteiger charge is 2.37. The van der Waals surface area contributed by atoms with Gasteiger partial charge in [0.15, 0.2) is 0 Å². The van der Waals surface area contributed by atoms with Gasteiger partial charge < -0.3 is 10.6 Å². The first kappa shape index (κ1) is 13.0. The molecule has 0 aromatic heterocycles. The van der Waals surface area contributed by atoms with Crippen LogP contribution >= 0.6 is 0 Å². The van der Waals surface area contributed by atoms with Crippen molar-refractivity contribution in [1.29, 1.82) is 0 Å². The lowest BCUT2D eigenvalue weighted by Gasteiger charge is -2.50. The Balaban J connectivity index is 1.97. The van der Waals surface area contributed by atoms with Gasteiger partial charge in [-0.2, -0.15) is 0 Å². The molecule has 0 radical (unpaired) electrons. The molecule has 0 saturated carbocycles. The zero-order valence-electron chi connectivity index (χ0n) is 12.2. The number of nitrogens with zero attached hydrogens (tertiary/aromatic N) is 1. The highest BCUT2D eigenvalue weighted by molar-refractivity contribution is 5.57. The minimum atomic E-state index is 0.415. The molecule has 104 valence electrons. The molecule has 2 N–H and O–H groups in total. The van der Waals surface area contributed by atoms with Crippen LogP contribution in [0.2, 0.25) is 0 Å². The molecular weight excluding hydrogens is 232 g/mol. The molecule has 2 saturated heterocycles. The standard InChI is InChI=1S/C17H26N2/c1-12(2)16-8-3-4-9-17(16)19-14-6-5-7-15(19)11-13(18)10-14/h3-4,8-9,12-15H,5-7,10-11,18H2,1-2H3. The van der Waals surface area contributed by atoms with Crippen molar-refractivity contribution in [3.8, 4) is 0 Å². The molecule has 2 aliphatic heterocycles. The first-order valence-electron chi connectivity index (χ1n) is 7.79. The van der Waals surface area contributed by atoms with Gasteiger partial charge in [-0.05, 0) is 49.7 Å². The zero-order valence-corrected chi connectivity index (χ0v) is 12.2. The van der Waals surface area contributed by atoms with Crippen molar-refractivity contribution in [3.63, 3.8) is 0 Å². The first-order chi connectivity index (χ1) is 9.16. The fourth-order valence-electron chi connectivity index (χ4n) is 4.03. The molecule has 2 fully saturated rings. The molecule has 3 rings (SSSR count). The van der Waals surface area contributed by atoms with E-state index in [0.717, 1.165) is 0 Å². The van der Waals surface area contributed by atoms with Crippen LogP contribution in [0.4, 0.5) is 5.69 Å². The van der Waals surface area contributed by atoms with Gasteiger partial charge in [0.1, 0.15) is 0 Å². The van der Waals surface area contributed by atoms with E-state index in [1.807, 2.05) is 0 Å². The van der Waals surface area contributed by atoms with Crippen LogP contribution in [0.1, 0.15) is 57.4 Å². The number of para-hydroxylation sites is 1. The summed E-state index contributed by atoms with van der Waals surface area (Å²) in [4.78, 5) is 2.71. The van der Waals surface area contributed by atoms with E-state index >= 15 is 0 Å². The van der Waals surface area contributed by atoms with Crippen LogP contribution in [0.5, 0.6) is 0 Å². The normalized spacial score (nSPS) is 30.7. The van der Waals surface area contributed by atoms with Crippen molar-refractivity contribution < 1.29 is 0 Å². The summed E-state index contributed by atoms with van der Waals surface area (Å²) in [5, 5.41) is 0. The third-order valence-corrected chi connectivity index (χ3v) is 4.85. The van der Waals surface area contributed by atoms with Crippen LogP contribution in [0.15, 0.2) is 24.3 Å². The van der Waals surface area contributed by atoms with Crippen molar-refractivity contribution in [2.45, 2.75) is 70.0 Å². The Hall–Kier alpha value is -1.02. The van der Waals surface area contributed by atoms with Crippen molar-refractivity contribution in [2.75, 3.05) is 4.90 Å². The summed E-state index contributed by atoms with van der Waals surface area (Å²) in [6.07, 6.45) is 6.35. The third kappa shape index (κ3) is 2.38. The van der Waals surface area contributed by atoms with Crippen LogP contribution in [0, 0.1) is 0 Å². The Kier molecular flexibility index (Phi) is 3.53. The molecule has 1 aromatic rings. The van der Waals surface area contributed by atoms with Gasteiger partial charge in [0.2, 0.25) is 0 Å². The maximum absolute atomic E-state index is 6.24. The number of fused-ring (bicyclic) bond motifs is 2. The van der Waals surface area contributed by atoms with Gasteiger partial charge in [-0.1, -0.05) is 32.0 Å². The van der Waals surface area contributed by atoms with Crippen LogP contribution < -0.4 is 10.6 Å². The topological polar surface area (TPSA) is 29.3 Å². The van der Waals surface area contributed by atoms with Crippen LogP contribution in [0.25, 0.3) is 0 Å². The average Bonchev–Trinajstić information content (AvgIpc) is 2.37. The zero-order chi connectivity index (χ0) is 13.4. The molecule has 2 nitrogen and oxygen atoms in total. The predicted octanol–water partition coefficient (Wildman–Crippen LogP) is 3.66. The predicted molar refractivity (Wildman–Crippen MR) is 81.6 cm³/mol. The van der Waals surface area contributed by atoms with E-state index in [-0.39, 0.29) is 0 Å². The average molecular weight is 258 g/mol. The second-order valence-corrected chi connectivity index (χ2v) is 6.59. The van der Waals surface area contributed by atoms with E-state index in [1.165, 1.54) is 43.4 Å². The molecule has 2 bridgehead atoms. The van der Waals surface area contributed by atoms with E-state index in [1.54, 1.807) is 0 Å². The number of nitrogens with two attached hydrogens (primary N) is 1. The number of hydrogen-bond acceptors (Lipinski definition) is 2. The summed E-state index contributed by atoms with van der Waals surface area (Å²) in [6, 6.07) is 10.7. The molecule has 2 aliphatic rings. The van der Waals surface area contributed by atoms with E-state index in [0.29, 0.717) is 24.0 Å². The van der Waals surface area contributed by atoms with Gasteiger partial charge in [-0.25, -0.2) is 0 Å². The van der Waals surface area contributed by atoms with Gasteiger partial charge in [0.25, 0.3) is 0 Å². The molecular formula is C17H26N2. The number of hydrogen-bond donors (Lipinski definition) is 1. The van der Waals surface area contributed by atoms with Gasteiger partial charge in [0, 0.05) is 23.8 Å². The lowest BCUT2D eigenvalue weighted by atomic mass is 9.81. The fourth-order valence-corrected chi connectivity index (χ4v) is 4.03. The summed E-state index contributed by atoms with van der Waals surface area (Å²) in [6.45, 7) is 4.59. The van der Waals surface area contributed by atoms with E-state index in [9.17, 15) is 0 Å². The molecule has 1 aromatic carbocycles. The Bertz CT molecular complexity index is 427. The first-order valence-corrected chi connectivity index (χ1v) is 7.79. The highest BCUT2D eigenvalue weighted by Crippen LogP contribution is 2.40. The van der Waals surface area contributed by atoms with Crippen LogP contribution in [-0.2, 0) is 0 Å². The Morgan fingerprint density at radius 1 is 1.11 bits per heavy atom. The van der Waals surface area contributed by atoms with E-state index < -0.39 is 0 Å². The molecule has 2 unspecified atom stereocenters. The quantitative estimate of drug-likeness (QED) is 0.877. The molecule has 0 amide bonds. The number of rotatable bonds is 2. The highest BCUT2D eigenvalue weighted by atomic mass is 15.2. The molecule has 19 heavy (non-hydrogen) atoms.